The fourth-order valence-electron chi connectivity index (χ4n) is 2.23. The van der Waals surface area contributed by atoms with Gasteiger partial charge >= 0.3 is 5.97 Å². The van der Waals surface area contributed by atoms with Gasteiger partial charge in [-0.3, -0.25) is 0 Å². The minimum Gasteiger partial charge on any atom is -0.423 e. The van der Waals surface area contributed by atoms with E-state index in [-0.39, 0.29) is 4.90 Å². The molecule has 0 radical (unpaired) electrons. The number of carbonyl (C=O) groups is 1. The van der Waals surface area contributed by atoms with Crippen molar-refractivity contribution in [2.75, 3.05) is 0 Å². The standard InChI is InChI=1S/C20H15ClN2O4S/c21-17-11-9-16(10-12-17)20(24)27-18-6-4-5-15(13-18)14-22-23-28(25,26)19-7-2-1-3-8-19/h1-14,23H. The van der Waals surface area contributed by atoms with E-state index >= 15 is 0 Å². The highest BCUT2D eigenvalue weighted by atomic mass is 35.5. The monoisotopic (exact) mass is 414 g/mol. The molecule has 8 heteroatoms. The molecule has 0 fully saturated rings. The normalized spacial score (nSPS) is 11.3. The van der Waals surface area contributed by atoms with E-state index in [9.17, 15) is 13.2 Å². The van der Waals surface area contributed by atoms with E-state index in [1.54, 1.807) is 66.7 Å². The first-order chi connectivity index (χ1) is 13.4. The van der Waals surface area contributed by atoms with E-state index in [0.29, 0.717) is 21.9 Å². The maximum absolute atomic E-state index is 12.1. The number of hydrazone groups is 1. The molecule has 0 spiro atoms. The van der Waals surface area contributed by atoms with Gasteiger partial charge in [0.05, 0.1) is 16.7 Å². The van der Waals surface area contributed by atoms with Crippen molar-refractivity contribution in [1.82, 2.24) is 4.83 Å². The van der Waals surface area contributed by atoms with Gasteiger partial charge in [-0.2, -0.15) is 13.5 Å². The summed E-state index contributed by atoms with van der Waals surface area (Å²) < 4.78 is 29.5. The lowest BCUT2D eigenvalue weighted by Gasteiger charge is -2.05. The quantitative estimate of drug-likeness (QED) is 0.287. The summed E-state index contributed by atoms with van der Waals surface area (Å²) >= 11 is 5.80. The van der Waals surface area contributed by atoms with Crippen molar-refractivity contribution in [3.05, 3.63) is 95.0 Å². The second kappa shape index (κ2) is 8.69. The molecule has 0 aliphatic rings. The molecule has 3 aromatic carbocycles. The SMILES string of the molecule is O=C(Oc1cccc(C=NNS(=O)(=O)c2ccccc2)c1)c1ccc(Cl)cc1. The molecule has 0 aromatic heterocycles. The topological polar surface area (TPSA) is 84.8 Å². The van der Waals surface area contributed by atoms with E-state index in [1.165, 1.54) is 18.3 Å². The third kappa shape index (κ3) is 5.18. The van der Waals surface area contributed by atoms with Gasteiger partial charge in [-0.25, -0.2) is 9.63 Å². The van der Waals surface area contributed by atoms with Crippen LogP contribution in [0.3, 0.4) is 0 Å². The number of rotatable bonds is 6. The van der Waals surface area contributed by atoms with Crippen LogP contribution in [0, 0.1) is 0 Å². The lowest BCUT2D eigenvalue weighted by atomic mass is 10.2. The van der Waals surface area contributed by atoms with Crippen molar-refractivity contribution in [1.29, 1.82) is 0 Å². The molecule has 0 unspecified atom stereocenters. The number of hydrogen-bond donors (Lipinski definition) is 1. The molecule has 28 heavy (non-hydrogen) atoms. The van der Waals surface area contributed by atoms with Gasteiger partial charge in [-0.1, -0.05) is 41.9 Å². The number of carbonyl (C=O) groups excluding carboxylic acids is 1. The van der Waals surface area contributed by atoms with Crippen LogP contribution in [0.15, 0.2) is 88.9 Å². The number of nitrogens with zero attached hydrogens (tertiary/aromatic N) is 1. The van der Waals surface area contributed by atoms with Gasteiger partial charge in [0.25, 0.3) is 10.0 Å². The number of esters is 1. The minimum absolute atomic E-state index is 0.109. The van der Waals surface area contributed by atoms with Crippen molar-refractivity contribution in [3.8, 4) is 5.75 Å². The largest absolute Gasteiger partial charge is 0.423 e. The summed E-state index contributed by atoms with van der Waals surface area (Å²) in [7, 11) is -3.74. The molecule has 0 bridgehead atoms. The Kier molecular flexibility index (Phi) is 6.08. The Bertz CT molecular complexity index is 1100. The Balaban J connectivity index is 1.67. The van der Waals surface area contributed by atoms with Crippen LogP contribution in [0.4, 0.5) is 0 Å². The lowest BCUT2D eigenvalue weighted by molar-refractivity contribution is 0.0735. The van der Waals surface area contributed by atoms with E-state index in [0.717, 1.165) is 0 Å². The van der Waals surface area contributed by atoms with Crippen molar-refractivity contribution in [2.24, 2.45) is 5.10 Å². The van der Waals surface area contributed by atoms with Gasteiger partial charge in [0.1, 0.15) is 5.75 Å². The molecule has 0 heterocycles. The second-order valence-electron chi connectivity index (χ2n) is 5.63. The van der Waals surface area contributed by atoms with Crippen molar-refractivity contribution < 1.29 is 17.9 Å². The fraction of sp³-hybridized carbons (Fsp3) is 0. The van der Waals surface area contributed by atoms with Crippen LogP contribution in [0.2, 0.25) is 5.02 Å². The van der Waals surface area contributed by atoms with Crippen LogP contribution >= 0.6 is 11.6 Å². The van der Waals surface area contributed by atoms with Gasteiger partial charge in [-0.05, 0) is 54.1 Å². The second-order valence-corrected chi connectivity index (χ2v) is 7.73. The zero-order valence-corrected chi connectivity index (χ0v) is 16.0. The first kappa shape index (κ1) is 19.6. The minimum atomic E-state index is -3.74. The van der Waals surface area contributed by atoms with Gasteiger partial charge in [0.2, 0.25) is 0 Å². The van der Waals surface area contributed by atoms with E-state index < -0.39 is 16.0 Å². The lowest BCUT2D eigenvalue weighted by Crippen LogP contribution is -2.18. The predicted molar refractivity (Wildman–Crippen MR) is 107 cm³/mol. The average molecular weight is 415 g/mol. The Hall–Kier alpha value is -3.16. The molecule has 3 rings (SSSR count). The van der Waals surface area contributed by atoms with Crippen LogP contribution < -0.4 is 9.57 Å². The average Bonchev–Trinajstić information content (AvgIpc) is 2.69. The van der Waals surface area contributed by atoms with Crippen LogP contribution in [-0.2, 0) is 10.0 Å². The molecule has 0 aliphatic carbocycles. The first-order valence-corrected chi connectivity index (χ1v) is 9.98. The molecule has 0 atom stereocenters. The maximum atomic E-state index is 12.1. The highest BCUT2D eigenvalue weighted by Gasteiger charge is 2.11. The number of nitrogens with one attached hydrogen (secondary N) is 1. The molecule has 3 aromatic rings. The molecule has 0 amide bonds. The first-order valence-electron chi connectivity index (χ1n) is 8.12. The summed E-state index contributed by atoms with van der Waals surface area (Å²) in [6, 6.07) is 20.8. The van der Waals surface area contributed by atoms with Crippen molar-refractivity contribution in [2.45, 2.75) is 4.90 Å². The number of ether oxygens (including phenoxy) is 1. The predicted octanol–water partition coefficient (Wildman–Crippen LogP) is 3.87. The maximum Gasteiger partial charge on any atom is 0.343 e. The zero-order chi connectivity index (χ0) is 20.0. The summed E-state index contributed by atoms with van der Waals surface area (Å²) in [6.07, 6.45) is 1.32. The highest BCUT2D eigenvalue weighted by Crippen LogP contribution is 2.16. The van der Waals surface area contributed by atoms with Crippen LogP contribution in [-0.4, -0.2) is 20.6 Å². The van der Waals surface area contributed by atoms with Crippen LogP contribution in [0.1, 0.15) is 15.9 Å². The smallest absolute Gasteiger partial charge is 0.343 e. The van der Waals surface area contributed by atoms with Crippen molar-refractivity contribution >= 4 is 33.8 Å². The molecule has 0 saturated heterocycles. The molecular formula is C20H15ClN2O4S. The summed E-state index contributed by atoms with van der Waals surface area (Å²) in [5.74, 6) is -0.231. The molecule has 0 aliphatic heterocycles. The zero-order valence-electron chi connectivity index (χ0n) is 14.4. The van der Waals surface area contributed by atoms with E-state index in [1.807, 2.05) is 0 Å². The third-order valence-corrected chi connectivity index (χ3v) is 5.08. The van der Waals surface area contributed by atoms with Crippen LogP contribution in [0.25, 0.3) is 0 Å². The number of hydrogen-bond acceptors (Lipinski definition) is 5. The summed E-state index contributed by atoms with van der Waals surface area (Å²) in [5.41, 5.74) is 0.913. The van der Waals surface area contributed by atoms with Crippen LogP contribution in [0.5, 0.6) is 5.75 Å². The van der Waals surface area contributed by atoms with E-state index in [4.69, 9.17) is 16.3 Å². The fourth-order valence-corrected chi connectivity index (χ4v) is 3.17. The molecule has 142 valence electrons. The van der Waals surface area contributed by atoms with Crippen molar-refractivity contribution in [3.63, 3.8) is 0 Å². The Morgan fingerprint density at radius 1 is 0.964 bits per heavy atom. The Labute approximate surface area is 167 Å². The van der Waals surface area contributed by atoms with Gasteiger partial charge in [-0.15, -0.1) is 0 Å². The Morgan fingerprint density at radius 3 is 2.39 bits per heavy atom. The molecule has 6 nitrogen and oxygen atoms in total. The molecule has 0 saturated carbocycles. The number of benzene rings is 3. The molecule has 1 N–H and O–H groups in total. The Morgan fingerprint density at radius 2 is 1.68 bits per heavy atom. The summed E-state index contributed by atoms with van der Waals surface area (Å²) in [6.45, 7) is 0. The summed E-state index contributed by atoms with van der Waals surface area (Å²) in [5, 5.41) is 4.28. The summed E-state index contributed by atoms with van der Waals surface area (Å²) in [4.78, 5) is 14.4. The van der Waals surface area contributed by atoms with Gasteiger partial charge in [0, 0.05) is 5.02 Å². The number of sulfonamides is 1. The highest BCUT2D eigenvalue weighted by molar-refractivity contribution is 7.89. The van der Waals surface area contributed by atoms with Gasteiger partial charge < -0.3 is 4.74 Å². The van der Waals surface area contributed by atoms with E-state index in [2.05, 4.69) is 9.93 Å². The van der Waals surface area contributed by atoms with Gasteiger partial charge in [0.15, 0.2) is 0 Å². The molecular weight excluding hydrogens is 400 g/mol. The number of halogens is 1. The third-order valence-electron chi connectivity index (χ3n) is 3.59.